The van der Waals surface area contributed by atoms with E-state index in [2.05, 4.69) is 6.07 Å². The molecule has 1 atom stereocenters. The summed E-state index contributed by atoms with van der Waals surface area (Å²) in [7, 11) is -3.69. The van der Waals surface area contributed by atoms with Crippen molar-refractivity contribution in [2.75, 3.05) is 37.6 Å². The topological polar surface area (TPSA) is 84.7 Å². The molecule has 1 fully saturated rings. The molecule has 2 aromatic rings. The lowest BCUT2D eigenvalue weighted by atomic mass is 10.0. The minimum Gasteiger partial charge on any atom is -0.312 e. The second kappa shape index (κ2) is 8.98. The van der Waals surface area contributed by atoms with E-state index in [0.717, 1.165) is 24.1 Å². The van der Waals surface area contributed by atoms with Gasteiger partial charge in [-0.1, -0.05) is 12.1 Å². The number of nitrogens with zero attached hydrogens (tertiary/aromatic N) is 4. The number of carbonyl (C=O) groups is 1. The van der Waals surface area contributed by atoms with Crippen LogP contribution in [0.3, 0.4) is 0 Å². The fraction of sp³-hybridized carbons (Fsp3) is 0.391. The summed E-state index contributed by atoms with van der Waals surface area (Å²) in [5, 5.41) is 9.63. The first-order chi connectivity index (χ1) is 15.3. The summed E-state index contributed by atoms with van der Waals surface area (Å²) in [5.41, 5.74) is 2.34. The normalized spacial score (nSPS) is 18.6. The van der Waals surface area contributed by atoms with E-state index in [1.54, 1.807) is 35.2 Å². The zero-order chi connectivity index (χ0) is 22.9. The van der Waals surface area contributed by atoms with Gasteiger partial charge >= 0.3 is 0 Å². The summed E-state index contributed by atoms with van der Waals surface area (Å²) in [6.45, 7) is 3.48. The van der Waals surface area contributed by atoms with Crippen LogP contribution in [0.15, 0.2) is 47.4 Å². The van der Waals surface area contributed by atoms with Gasteiger partial charge in [0.05, 0.1) is 11.0 Å². The van der Waals surface area contributed by atoms with Gasteiger partial charge in [-0.05, 0) is 54.3 Å². The summed E-state index contributed by atoms with van der Waals surface area (Å²) < 4.78 is 41.2. The van der Waals surface area contributed by atoms with Crippen molar-refractivity contribution >= 4 is 21.6 Å². The van der Waals surface area contributed by atoms with Crippen molar-refractivity contribution < 1.29 is 17.6 Å². The van der Waals surface area contributed by atoms with Crippen molar-refractivity contribution in [3.05, 3.63) is 59.4 Å². The monoisotopic (exact) mass is 456 g/mol. The number of rotatable bonds is 4. The zero-order valence-corrected chi connectivity index (χ0v) is 18.7. The van der Waals surface area contributed by atoms with Crippen LogP contribution in [0.5, 0.6) is 0 Å². The Bertz CT molecular complexity index is 1150. The van der Waals surface area contributed by atoms with E-state index in [1.807, 2.05) is 4.90 Å². The quantitative estimate of drug-likeness (QED) is 0.706. The highest BCUT2D eigenvalue weighted by Gasteiger charge is 2.32. The SMILES string of the molecule is CC(=O)N1CCCc2cc(S(=O)(=O)N3CCN(C(C#N)c4ccc(F)cc4)CC3)ccc21. The second-order valence-corrected chi connectivity index (χ2v) is 10.0. The second-order valence-electron chi connectivity index (χ2n) is 8.09. The van der Waals surface area contributed by atoms with Gasteiger partial charge in [0.2, 0.25) is 15.9 Å². The van der Waals surface area contributed by atoms with Crippen LogP contribution in [-0.2, 0) is 21.2 Å². The zero-order valence-electron chi connectivity index (χ0n) is 17.9. The molecule has 9 heteroatoms. The number of amides is 1. The van der Waals surface area contributed by atoms with Crippen LogP contribution in [0.1, 0.15) is 30.5 Å². The molecule has 2 heterocycles. The molecule has 0 bridgehead atoms. The molecule has 7 nitrogen and oxygen atoms in total. The number of carbonyl (C=O) groups excluding carboxylic acids is 1. The number of anilines is 1. The molecule has 0 saturated carbocycles. The first kappa shape index (κ1) is 22.4. The number of nitriles is 1. The van der Waals surface area contributed by atoms with Gasteiger partial charge in [-0.3, -0.25) is 9.69 Å². The Hall–Kier alpha value is -2.80. The average Bonchev–Trinajstić information content (AvgIpc) is 2.80. The van der Waals surface area contributed by atoms with Crippen molar-refractivity contribution in [3.8, 4) is 6.07 Å². The molecule has 1 amide bonds. The summed E-state index contributed by atoms with van der Waals surface area (Å²) in [6, 6.07) is 12.5. The maximum atomic E-state index is 13.3. The van der Waals surface area contributed by atoms with Crippen molar-refractivity contribution in [2.45, 2.75) is 30.7 Å². The van der Waals surface area contributed by atoms with E-state index in [1.165, 1.54) is 23.4 Å². The molecule has 0 radical (unpaired) electrons. The van der Waals surface area contributed by atoms with E-state index in [-0.39, 0.29) is 29.7 Å². The number of hydrogen-bond acceptors (Lipinski definition) is 5. The lowest BCUT2D eigenvalue weighted by Crippen LogP contribution is -2.49. The van der Waals surface area contributed by atoms with Gasteiger partial charge in [0, 0.05) is 45.3 Å². The highest BCUT2D eigenvalue weighted by molar-refractivity contribution is 7.89. The highest BCUT2D eigenvalue weighted by Crippen LogP contribution is 2.31. The molecule has 0 spiro atoms. The minimum atomic E-state index is -3.69. The summed E-state index contributed by atoms with van der Waals surface area (Å²) in [4.78, 5) is 15.7. The van der Waals surface area contributed by atoms with Crippen LogP contribution >= 0.6 is 0 Å². The molecule has 0 aromatic heterocycles. The fourth-order valence-electron chi connectivity index (χ4n) is 4.42. The Kier molecular flexibility index (Phi) is 6.29. The van der Waals surface area contributed by atoms with Gasteiger partial charge < -0.3 is 4.90 Å². The third kappa shape index (κ3) is 4.26. The molecule has 2 aliphatic heterocycles. The van der Waals surface area contributed by atoms with Gasteiger partial charge in [0.25, 0.3) is 0 Å². The maximum absolute atomic E-state index is 13.3. The number of sulfonamides is 1. The highest BCUT2D eigenvalue weighted by atomic mass is 32.2. The van der Waals surface area contributed by atoms with E-state index in [0.29, 0.717) is 25.2 Å². The molecule has 4 rings (SSSR count). The van der Waals surface area contributed by atoms with Crippen LogP contribution in [0, 0.1) is 17.1 Å². The number of halogens is 1. The molecule has 32 heavy (non-hydrogen) atoms. The summed E-state index contributed by atoms with van der Waals surface area (Å²) >= 11 is 0. The van der Waals surface area contributed by atoms with Crippen molar-refractivity contribution in [2.24, 2.45) is 0 Å². The van der Waals surface area contributed by atoms with E-state index in [9.17, 15) is 22.9 Å². The fourth-order valence-corrected chi connectivity index (χ4v) is 5.90. The Labute approximate surface area is 187 Å². The Morgan fingerprint density at radius 2 is 1.75 bits per heavy atom. The third-order valence-corrected chi connectivity index (χ3v) is 8.03. The predicted molar refractivity (Wildman–Crippen MR) is 118 cm³/mol. The first-order valence-electron chi connectivity index (χ1n) is 10.6. The molecule has 0 N–H and O–H groups in total. The molecule has 1 saturated heterocycles. The minimum absolute atomic E-state index is 0.0501. The third-order valence-electron chi connectivity index (χ3n) is 6.13. The Morgan fingerprint density at radius 1 is 1.06 bits per heavy atom. The molecule has 0 aliphatic carbocycles. The van der Waals surface area contributed by atoms with Crippen molar-refractivity contribution in [1.29, 1.82) is 5.26 Å². The largest absolute Gasteiger partial charge is 0.312 e. The smallest absolute Gasteiger partial charge is 0.243 e. The number of fused-ring (bicyclic) bond motifs is 1. The lowest BCUT2D eigenvalue weighted by molar-refractivity contribution is -0.116. The van der Waals surface area contributed by atoms with Gasteiger partial charge in [-0.15, -0.1) is 0 Å². The van der Waals surface area contributed by atoms with Crippen LogP contribution in [-0.4, -0.2) is 56.3 Å². The number of aryl methyl sites for hydroxylation is 1. The van der Waals surface area contributed by atoms with E-state index in [4.69, 9.17) is 0 Å². The van der Waals surface area contributed by atoms with E-state index < -0.39 is 16.1 Å². The van der Waals surface area contributed by atoms with Crippen LogP contribution in [0.2, 0.25) is 0 Å². The Morgan fingerprint density at radius 3 is 2.38 bits per heavy atom. The van der Waals surface area contributed by atoms with Gasteiger partial charge in [-0.25, -0.2) is 12.8 Å². The maximum Gasteiger partial charge on any atom is 0.243 e. The number of piperazine rings is 1. The molecule has 2 aliphatic rings. The van der Waals surface area contributed by atoms with Crippen molar-refractivity contribution in [3.63, 3.8) is 0 Å². The lowest BCUT2D eigenvalue weighted by Gasteiger charge is -2.36. The standard InChI is InChI=1S/C23H25FN4O3S/c1-17(29)28-10-2-3-19-15-21(8-9-22(19)28)32(30,31)27-13-11-26(12-14-27)23(16-25)18-4-6-20(24)7-5-18/h4-9,15,23H,2-3,10-14H2,1H3. The molecule has 168 valence electrons. The average molecular weight is 457 g/mol. The number of benzene rings is 2. The molecular weight excluding hydrogens is 431 g/mol. The Balaban J connectivity index is 1.49. The summed E-state index contributed by atoms with van der Waals surface area (Å²) in [6.07, 6.45) is 1.53. The molecule has 2 aromatic carbocycles. The first-order valence-corrected chi connectivity index (χ1v) is 12.1. The van der Waals surface area contributed by atoms with Gasteiger partial charge in [0.15, 0.2) is 0 Å². The van der Waals surface area contributed by atoms with Crippen LogP contribution < -0.4 is 4.90 Å². The predicted octanol–water partition coefficient (Wildman–Crippen LogP) is 2.70. The molecule has 1 unspecified atom stereocenters. The van der Waals surface area contributed by atoms with Gasteiger partial charge in [-0.2, -0.15) is 9.57 Å². The van der Waals surface area contributed by atoms with Crippen molar-refractivity contribution in [1.82, 2.24) is 9.21 Å². The summed E-state index contributed by atoms with van der Waals surface area (Å²) in [5.74, 6) is -0.413. The molecular formula is C23H25FN4O3S. The number of hydrogen-bond donors (Lipinski definition) is 0. The van der Waals surface area contributed by atoms with E-state index >= 15 is 0 Å². The van der Waals surface area contributed by atoms with Gasteiger partial charge in [0.1, 0.15) is 11.9 Å². The van der Waals surface area contributed by atoms with Crippen LogP contribution in [0.25, 0.3) is 0 Å². The van der Waals surface area contributed by atoms with Crippen LogP contribution in [0.4, 0.5) is 10.1 Å².